The molecule has 3 heterocycles. The van der Waals surface area contributed by atoms with E-state index >= 15 is 0 Å². The number of benzene rings is 3. The molecule has 0 bridgehead atoms. The van der Waals surface area contributed by atoms with Crippen LogP contribution in [-0.4, -0.2) is 58.0 Å². The number of carbonyl (C=O) groups is 4. The molecule has 0 saturated carbocycles. The van der Waals surface area contributed by atoms with E-state index in [1.807, 2.05) is 48.5 Å². The van der Waals surface area contributed by atoms with Gasteiger partial charge in [-0.25, -0.2) is 0 Å². The lowest BCUT2D eigenvalue weighted by Crippen LogP contribution is -2.57. The number of nitrogens with zero attached hydrogens (tertiary/aromatic N) is 2. The van der Waals surface area contributed by atoms with Crippen LogP contribution < -0.4 is 4.74 Å². The average molecular weight is 495 g/mol. The summed E-state index contributed by atoms with van der Waals surface area (Å²) in [6.45, 7) is 0.755. The molecule has 7 heteroatoms. The first-order valence-electron chi connectivity index (χ1n) is 12.6. The van der Waals surface area contributed by atoms with Gasteiger partial charge in [-0.3, -0.25) is 24.1 Å². The largest absolute Gasteiger partial charge is 0.486 e. The second kappa shape index (κ2) is 9.00. The van der Waals surface area contributed by atoms with Crippen LogP contribution in [0.25, 0.3) is 0 Å². The molecule has 3 aromatic rings. The van der Waals surface area contributed by atoms with Crippen LogP contribution in [0.1, 0.15) is 55.9 Å². The van der Waals surface area contributed by atoms with Crippen molar-refractivity contribution >= 4 is 23.5 Å². The monoisotopic (exact) mass is 494 g/mol. The normalized spacial score (nSPS) is 18.9. The molecule has 1 atom stereocenters. The maximum Gasteiger partial charge on any atom is 0.262 e. The van der Waals surface area contributed by atoms with Crippen LogP contribution in [-0.2, 0) is 11.2 Å². The van der Waals surface area contributed by atoms with Crippen LogP contribution in [0.3, 0.4) is 0 Å². The van der Waals surface area contributed by atoms with Crippen LogP contribution in [0, 0.1) is 0 Å². The third-order valence-electron chi connectivity index (χ3n) is 7.68. The first-order valence-corrected chi connectivity index (χ1v) is 12.6. The zero-order chi connectivity index (χ0) is 25.6. The minimum absolute atomic E-state index is 0.0506. The van der Waals surface area contributed by atoms with Crippen molar-refractivity contribution in [3.05, 3.63) is 101 Å². The fourth-order valence-electron chi connectivity index (χ4n) is 5.68. The van der Waals surface area contributed by atoms with Crippen molar-refractivity contribution in [2.75, 3.05) is 13.1 Å². The van der Waals surface area contributed by atoms with Gasteiger partial charge in [0.25, 0.3) is 11.8 Å². The summed E-state index contributed by atoms with van der Waals surface area (Å²) >= 11 is 0. The smallest absolute Gasteiger partial charge is 0.262 e. The maximum atomic E-state index is 13.9. The summed E-state index contributed by atoms with van der Waals surface area (Å²) in [5.41, 5.74) is 1.46. The molecule has 1 spiro atoms. The minimum Gasteiger partial charge on any atom is -0.486 e. The number of amides is 3. The van der Waals surface area contributed by atoms with Gasteiger partial charge in [0.2, 0.25) is 5.91 Å². The maximum absolute atomic E-state index is 13.9. The zero-order valence-corrected chi connectivity index (χ0v) is 20.3. The summed E-state index contributed by atoms with van der Waals surface area (Å²) in [6, 6.07) is 22.4. The Hall–Kier alpha value is -4.26. The molecule has 0 N–H and O–H groups in total. The molecule has 186 valence electrons. The first-order chi connectivity index (χ1) is 18.0. The SMILES string of the molecule is O=C1CC2(CCN(C(=O)C(Cc3ccccc3)N3C(=O)c4ccccc4C3=O)CC2)Oc2ccccc21. The number of ketones is 1. The van der Waals surface area contributed by atoms with Crippen molar-refractivity contribution in [1.82, 2.24) is 9.80 Å². The molecule has 1 saturated heterocycles. The Morgan fingerprint density at radius 3 is 2.00 bits per heavy atom. The second-order valence-corrected chi connectivity index (χ2v) is 9.94. The van der Waals surface area contributed by atoms with E-state index in [9.17, 15) is 19.2 Å². The van der Waals surface area contributed by atoms with E-state index in [2.05, 4.69) is 0 Å². The average Bonchev–Trinajstić information content (AvgIpc) is 3.17. The third kappa shape index (κ3) is 4.00. The highest BCUT2D eigenvalue weighted by atomic mass is 16.5. The van der Waals surface area contributed by atoms with Crippen molar-refractivity contribution in [3.63, 3.8) is 0 Å². The van der Waals surface area contributed by atoms with E-state index in [0.717, 1.165) is 10.5 Å². The first kappa shape index (κ1) is 23.2. The van der Waals surface area contributed by atoms with Crippen molar-refractivity contribution in [3.8, 4) is 5.75 Å². The van der Waals surface area contributed by atoms with E-state index in [0.29, 0.717) is 48.4 Å². The Kier molecular flexibility index (Phi) is 5.63. The Morgan fingerprint density at radius 1 is 0.784 bits per heavy atom. The van der Waals surface area contributed by atoms with E-state index in [1.165, 1.54) is 0 Å². The molecule has 0 aromatic heterocycles. The van der Waals surface area contributed by atoms with Gasteiger partial charge >= 0.3 is 0 Å². The highest BCUT2D eigenvalue weighted by Crippen LogP contribution is 2.39. The number of carbonyl (C=O) groups excluding carboxylic acids is 4. The fourth-order valence-corrected chi connectivity index (χ4v) is 5.68. The summed E-state index contributed by atoms with van der Waals surface area (Å²) in [6.07, 6.45) is 1.50. The van der Waals surface area contributed by atoms with Crippen molar-refractivity contribution in [2.45, 2.75) is 37.3 Å². The van der Waals surface area contributed by atoms with Crippen molar-refractivity contribution in [1.29, 1.82) is 0 Å². The standard InChI is InChI=1S/C30H26N2O5/c33-25-19-30(37-26-13-7-6-12-23(25)26)14-16-31(17-15-30)29(36)24(18-20-8-2-1-3-9-20)32-27(34)21-10-4-5-11-22(21)28(32)35/h1-13,24H,14-19H2. The number of imide groups is 1. The Bertz CT molecular complexity index is 1370. The molecular weight excluding hydrogens is 468 g/mol. The quantitative estimate of drug-likeness (QED) is 0.514. The number of Topliss-reactive ketones (excluding diaryl/α,β-unsaturated/α-hetero) is 1. The fraction of sp³-hybridized carbons (Fsp3) is 0.267. The van der Waals surface area contributed by atoms with E-state index < -0.39 is 23.5 Å². The number of rotatable bonds is 4. The Balaban J connectivity index is 1.25. The summed E-state index contributed by atoms with van der Waals surface area (Å²) in [5, 5.41) is 0. The molecule has 6 rings (SSSR count). The van der Waals surface area contributed by atoms with Gasteiger partial charge in [0.15, 0.2) is 5.78 Å². The lowest BCUT2D eigenvalue weighted by atomic mass is 9.82. The van der Waals surface area contributed by atoms with Crippen LogP contribution in [0.5, 0.6) is 5.75 Å². The zero-order valence-electron chi connectivity index (χ0n) is 20.3. The number of hydrogen-bond donors (Lipinski definition) is 0. The predicted octanol–water partition coefficient (Wildman–Crippen LogP) is 3.92. The van der Waals surface area contributed by atoms with Gasteiger partial charge < -0.3 is 9.64 Å². The summed E-state index contributed by atoms with van der Waals surface area (Å²) in [4.78, 5) is 56.2. The van der Waals surface area contributed by atoms with Crippen molar-refractivity contribution < 1.29 is 23.9 Å². The molecule has 3 aromatic carbocycles. The van der Waals surface area contributed by atoms with E-state index in [1.54, 1.807) is 35.2 Å². The third-order valence-corrected chi connectivity index (χ3v) is 7.68. The lowest BCUT2D eigenvalue weighted by molar-refractivity contribution is -0.139. The molecule has 7 nitrogen and oxygen atoms in total. The lowest BCUT2D eigenvalue weighted by Gasteiger charge is -2.44. The molecule has 3 amide bonds. The summed E-state index contributed by atoms with van der Waals surface area (Å²) in [7, 11) is 0. The van der Waals surface area contributed by atoms with Gasteiger partial charge in [-0.2, -0.15) is 0 Å². The number of piperidine rings is 1. The highest BCUT2D eigenvalue weighted by molar-refractivity contribution is 6.22. The predicted molar refractivity (Wildman–Crippen MR) is 135 cm³/mol. The Labute approximate surface area is 214 Å². The Morgan fingerprint density at radius 2 is 1.35 bits per heavy atom. The van der Waals surface area contributed by atoms with Gasteiger partial charge in [-0.05, 0) is 29.8 Å². The number of hydrogen-bond acceptors (Lipinski definition) is 5. The van der Waals surface area contributed by atoms with Gasteiger partial charge in [-0.1, -0.05) is 54.6 Å². The molecule has 37 heavy (non-hydrogen) atoms. The number of para-hydroxylation sites is 1. The molecule has 1 unspecified atom stereocenters. The van der Waals surface area contributed by atoms with Gasteiger partial charge in [-0.15, -0.1) is 0 Å². The van der Waals surface area contributed by atoms with Gasteiger partial charge in [0.05, 0.1) is 23.1 Å². The number of ether oxygens (including phenoxy) is 1. The molecule has 1 fully saturated rings. The van der Waals surface area contributed by atoms with Crippen molar-refractivity contribution in [2.24, 2.45) is 0 Å². The van der Waals surface area contributed by atoms with Crippen LogP contribution in [0.15, 0.2) is 78.9 Å². The molecule has 0 aliphatic carbocycles. The second-order valence-electron chi connectivity index (χ2n) is 9.94. The summed E-state index contributed by atoms with van der Waals surface area (Å²) < 4.78 is 6.31. The molecular formula is C30H26N2O5. The van der Waals surface area contributed by atoms with E-state index in [-0.39, 0.29) is 24.5 Å². The van der Waals surface area contributed by atoms with Crippen LogP contribution >= 0.6 is 0 Å². The van der Waals surface area contributed by atoms with Crippen LogP contribution in [0.2, 0.25) is 0 Å². The van der Waals surface area contributed by atoms with Gasteiger partial charge in [0, 0.05) is 32.4 Å². The molecule has 3 aliphatic rings. The van der Waals surface area contributed by atoms with Gasteiger partial charge in [0.1, 0.15) is 17.4 Å². The molecule has 3 aliphatic heterocycles. The molecule has 0 radical (unpaired) electrons. The number of fused-ring (bicyclic) bond motifs is 2. The highest BCUT2D eigenvalue weighted by Gasteiger charge is 2.47. The van der Waals surface area contributed by atoms with Crippen LogP contribution in [0.4, 0.5) is 0 Å². The number of likely N-dealkylation sites (tertiary alicyclic amines) is 1. The summed E-state index contributed by atoms with van der Waals surface area (Å²) in [5.74, 6) is -0.515. The topological polar surface area (TPSA) is 84.0 Å². The van der Waals surface area contributed by atoms with E-state index in [4.69, 9.17) is 4.74 Å². The minimum atomic E-state index is -0.960.